The summed E-state index contributed by atoms with van der Waals surface area (Å²) in [5.74, 6) is 0. The highest BCUT2D eigenvalue weighted by Crippen LogP contribution is 2.25. The van der Waals surface area contributed by atoms with E-state index in [4.69, 9.17) is 0 Å². The van der Waals surface area contributed by atoms with E-state index >= 15 is 0 Å². The molecule has 1 atom stereocenters. The largest absolute Gasteiger partial charge is 0.411 e. The average molecular weight is 274 g/mol. The third kappa shape index (κ3) is 4.21. The first-order chi connectivity index (χ1) is 8.96. The number of rotatable bonds is 4. The van der Waals surface area contributed by atoms with Crippen molar-refractivity contribution in [3.8, 4) is 0 Å². The standard InChI is InChI=1S/C14H17F3O2/c15-14(16,17)9-19-8-13(18)12-6-5-10-3-1-2-4-11(10)7-12/h5-7,13,18H,1-4,8-9H2. The number of aliphatic hydroxyl groups excluding tert-OH is 1. The Hall–Kier alpha value is -1.07. The first kappa shape index (κ1) is 14.3. The second-order valence-electron chi connectivity index (χ2n) is 4.88. The van der Waals surface area contributed by atoms with E-state index in [9.17, 15) is 18.3 Å². The van der Waals surface area contributed by atoms with Crippen LogP contribution in [0.25, 0.3) is 0 Å². The van der Waals surface area contributed by atoms with Crippen LogP contribution in [0.3, 0.4) is 0 Å². The minimum absolute atomic E-state index is 0.335. The van der Waals surface area contributed by atoms with Gasteiger partial charge in [-0.2, -0.15) is 13.2 Å². The molecule has 0 heterocycles. The molecule has 2 rings (SSSR count). The molecule has 0 saturated heterocycles. The number of aliphatic hydroxyl groups is 1. The van der Waals surface area contributed by atoms with Gasteiger partial charge in [-0.1, -0.05) is 18.2 Å². The Morgan fingerprint density at radius 2 is 1.84 bits per heavy atom. The van der Waals surface area contributed by atoms with Gasteiger partial charge in [0.1, 0.15) is 12.7 Å². The van der Waals surface area contributed by atoms with Crippen LogP contribution in [0.2, 0.25) is 0 Å². The Bertz CT molecular complexity index is 429. The Morgan fingerprint density at radius 1 is 1.16 bits per heavy atom. The molecule has 0 bridgehead atoms. The Labute approximate surface area is 110 Å². The van der Waals surface area contributed by atoms with Gasteiger partial charge in [0.25, 0.3) is 0 Å². The highest BCUT2D eigenvalue weighted by Gasteiger charge is 2.28. The van der Waals surface area contributed by atoms with Crippen LogP contribution in [0.4, 0.5) is 13.2 Å². The average Bonchev–Trinajstić information content (AvgIpc) is 2.36. The normalized spacial score (nSPS) is 17.1. The molecular formula is C14H17F3O2. The second kappa shape index (κ2) is 5.92. The van der Waals surface area contributed by atoms with Crippen molar-refractivity contribution in [3.63, 3.8) is 0 Å². The fraction of sp³-hybridized carbons (Fsp3) is 0.571. The molecule has 1 aromatic rings. The van der Waals surface area contributed by atoms with Crippen LogP contribution < -0.4 is 0 Å². The van der Waals surface area contributed by atoms with Gasteiger partial charge >= 0.3 is 6.18 Å². The fourth-order valence-corrected chi connectivity index (χ4v) is 2.34. The van der Waals surface area contributed by atoms with Crippen molar-refractivity contribution < 1.29 is 23.0 Å². The maximum atomic E-state index is 11.9. The maximum absolute atomic E-state index is 11.9. The predicted octanol–water partition coefficient (Wildman–Crippen LogP) is 3.18. The van der Waals surface area contributed by atoms with Crippen LogP contribution in [0.1, 0.15) is 35.6 Å². The number of benzene rings is 1. The molecule has 1 aliphatic carbocycles. The van der Waals surface area contributed by atoms with Crippen molar-refractivity contribution >= 4 is 0 Å². The SMILES string of the molecule is OC(COCC(F)(F)F)c1ccc2c(c1)CCCC2. The fourth-order valence-electron chi connectivity index (χ4n) is 2.34. The number of halogens is 3. The summed E-state index contributed by atoms with van der Waals surface area (Å²) in [6.45, 7) is -1.66. The van der Waals surface area contributed by atoms with Gasteiger partial charge in [0.15, 0.2) is 0 Å². The molecule has 2 nitrogen and oxygen atoms in total. The molecule has 19 heavy (non-hydrogen) atoms. The lowest BCUT2D eigenvalue weighted by molar-refractivity contribution is -0.179. The summed E-state index contributed by atoms with van der Waals surface area (Å²) in [5, 5.41) is 9.83. The third-order valence-corrected chi connectivity index (χ3v) is 3.30. The minimum atomic E-state index is -4.35. The summed E-state index contributed by atoms with van der Waals surface area (Å²) >= 11 is 0. The topological polar surface area (TPSA) is 29.5 Å². The molecule has 1 unspecified atom stereocenters. The minimum Gasteiger partial charge on any atom is -0.386 e. The van der Waals surface area contributed by atoms with Crippen molar-refractivity contribution in [2.24, 2.45) is 0 Å². The highest BCUT2D eigenvalue weighted by atomic mass is 19.4. The molecule has 0 saturated carbocycles. The lowest BCUT2D eigenvalue weighted by Gasteiger charge is -2.19. The summed E-state index contributed by atoms with van der Waals surface area (Å²) in [6, 6.07) is 5.61. The Balaban J connectivity index is 1.94. The Morgan fingerprint density at radius 3 is 2.53 bits per heavy atom. The van der Waals surface area contributed by atoms with Gasteiger partial charge in [-0.3, -0.25) is 0 Å². The lowest BCUT2D eigenvalue weighted by atomic mass is 9.89. The lowest BCUT2D eigenvalue weighted by Crippen LogP contribution is -2.19. The van der Waals surface area contributed by atoms with Crippen LogP contribution in [-0.2, 0) is 17.6 Å². The first-order valence-corrected chi connectivity index (χ1v) is 6.40. The molecule has 1 N–H and O–H groups in total. The quantitative estimate of drug-likeness (QED) is 0.913. The van der Waals surface area contributed by atoms with Crippen molar-refractivity contribution in [3.05, 3.63) is 34.9 Å². The molecule has 5 heteroatoms. The molecule has 0 spiro atoms. The summed E-state index contributed by atoms with van der Waals surface area (Å²) in [7, 11) is 0. The molecule has 106 valence electrons. The van der Waals surface area contributed by atoms with Gasteiger partial charge in [-0.05, 0) is 42.4 Å². The second-order valence-corrected chi connectivity index (χ2v) is 4.88. The van der Waals surface area contributed by atoms with Crippen LogP contribution in [0.5, 0.6) is 0 Å². The van der Waals surface area contributed by atoms with Crippen molar-refractivity contribution in [1.82, 2.24) is 0 Å². The molecule has 0 fully saturated rings. The third-order valence-electron chi connectivity index (χ3n) is 3.30. The molecule has 1 aliphatic rings. The van der Waals surface area contributed by atoms with Gasteiger partial charge in [0.2, 0.25) is 0 Å². The number of hydrogen-bond acceptors (Lipinski definition) is 2. The number of hydrogen-bond donors (Lipinski definition) is 1. The molecular weight excluding hydrogens is 257 g/mol. The molecule has 1 aromatic carbocycles. The van der Waals surface area contributed by atoms with Gasteiger partial charge in [0.05, 0.1) is 6.61 Å². The van der Waals surface area contributed by atoms with Crippen LogP contribution in [0, 0.1) is 0 Å². The van der Waals surface area contributed by atoms with E-state index in [1.807, 2.05) is 12.1 Å². The summed E-state index contributed by atoms with van der Waals surface area (Å²) in [6.07, 6.45) is -1.05. The number of alkyl halides is 3. The summed E-state index contributed by atoms with van der Waals surface area (Å²) in [5.41, 5.74) is 3.10. The van der Waals surface area contributed by atoms with Gasteiger partial charge < -0.3 is 9.84 Å². The first-order valence-electron chi connectivity index (χ1n) is 6.40. The van der Waals surface area contributed by atoms with E-state index in [1.54, 1.807) is 6.07 Å². The van der Waals surface area contributed by atoms with E-state index in [1.165, 1.54) is 17.5 Å². The maximum Gasteiger partial charge on any atom is 0.411 e. The summed E-state index contributed by atoms with van der Waals surface area (Å²) in [4.78, 5) is 0. The van der Waals surface area contributed by atoms with Crippen LogP contribution in [0.15, 0.2) is 18.2 Å². The van der Waals surface area contributed by atoms with Crippen LogP contribution >= 0.6 is 0 Å². The van der Waals surface area contributed by atoms with E-state index in [-0.39, 0.29) is 6.61 Å². The van der Waals surface area contributed by atoms with E-state index in [2.05, 4.69) is 4.74 Å². The Kier molecular flexibility index (Phi) is 4.47. The van der Waals surface area contributed by atoms with Crippen molar-refractivity contribution in [2.45, 2.75) is 38.0 Å². The van der Waals surface area contributed by atoms with E-state index < -0.39 is 18.9 Å². The molecule has 0 aliphatic heterocycles. The zero-order valence-electron chi connectivity index (χ0n) is 10.5. The number of fused-ring (bicyclic) bond motifs is 1. The smallest absolute Gasteiger partial charge is 0.386 e. The van der Waals surface area contributed by atoms with Crippen molar-refractivity contribution in [1.29, 1.82) is 0 Å². The van der Waals surface area contributed by atoms with Crippen LogP contribution in [-0.4, -0.2) is 24.5 Å². The number of ether oxygens (including phenoxy) is 1. The zero-order valence-corrected chi connectivity index (χ0v) is 10.5. The van der Waals surface area contributed by atoms with E-state index in [0.29, 0.717) is 5.56 Å². The van der Waals surface area contributed by atoms with Gasteiger partial charge in [-0.25, -0.2) is 0 Å². The van der Waals surface area contributed by atoms with E-state index in [0.717, 1.165) is 19.3 Å². The van der Waals surface area contributed by atoms with Gasteiger partial charge in [-0.15, -0.1) is 0 Å². The number of aryl methyl sites for hydroxylation is 2. The molecule has 0 amide bonds. The zero-order chi connectivity index (χ0) is 13.9. The predicted molar refractivity (Wildman–Crippen MR) is 64.9 cm³/mol. The molecule has 0 aromatic heterocycles. The van der Waals surface area contributed by atoms with Gasteiger partial charge in [0, 0.05) is 0 Å². The monoisotopic (exact) mass is 274 g/mol. The molecule has 0 radical (unpaired) electrons. The van der Waals surface area contributed by atoms with Crippen molar-refractivity contribution in [2.75, 3.05) is 13.2 Å². The highest BCUT2D eigenvalue weighted by molar-refractivity contribution is 5.34. The summed E-state index contributed by atoms with van der Waals surface area (Å²) < 4.78 is 40.3.